The van der Waals surface area contributed by atoms with Gasteiger partial charge in [0.1, 0.15) is 4.83 Å². The number of nitrogens with one attached hydrogen (secondary N) is 1. The van der Waals surface area contributed by atoms with Crippen molar-refractivity contribution in [1.82, 2.24) is 9.55 Å². The molecule has 1 aromatic carbocycles. The Morgan fingerprint density at radius 3 is 2.74 bits per heavy atom. The maximum Gasteiger partial charge on any atom is 0.263 e. The molecule has 1 amide bonds. The van der Waals surface area contributed by atoms with Gasteiger partial charge in [0.25, 0.3) is 5.56 Å². The van der Waals surface area contributed by atoms with E-state index in [0.29, 0.717) is 17.7 Å². The molecule has 0 spiro atoms. The summed E-state index contributed by atoms with van der Waals surface area (Å²) in [6.45, 7) is 4.88. The molecule has 1 atom stereocenters. The van der Waals surface area contributed by atoms with Crippen LogP contribution in [0.5, 0.6) is 0 Å². The first-order chi connectivity index (χ1) is 16.5. The van der Waals surface area contributed by atoms with Crippen LogP contribution in [-0.2, 0) is 22.6 Å². The molecule has 180 valence electrons. The van der Waals surface area contributed by atoms with Gasteiger partial charge in [-0.05, 0) is 36.5 Å². The van der Waals surface area contributed by atoms with Crippen molar-refractivity contribution in [3.05, 3.63) is 51.1 Å². The van der Waals surface area contributed by atoms with Crippen LogP contribution < -0.4 is 10.9 Å². The van der Waals surface area contributed by atoms with E-state index in [1.165, 1.54) is 18.2 Å². The van der Waals surface area contributed by atoms with Crippen LogP contribution in [0.25, 0.3) is 10.2 Å². The molecule has 3 heterocycles. The van der Waals surface area contributed by atoms with Crippen molar-refractivity contribution in [3.63, 3.8) is 0 Å². The van der Waals surface area contributed by atoms with E-state index in [4.69, 9.17) is 9.72 Å². The number of thiophene rings is 1. The van der Waals surface area contributed by atoms with Gasteiger partial charge in [-0.2, -0.15) is 0 Å². The molecular weight excluding hydrogens is 466 g/mol. The summed E-state index contributed by atoms with van der Waals surface area (Å²) < 4.78 is 7.97. The van der Waals surface area contributed by atoms with E-state index in [1.807, 2.05) is 34.9 Å². The highest BCUT2D eigenvalue weighted by Crippen LogP contribution is 2.37. The SMILES string of the molecule is CC(C)C1Cc2c(sc3nc(SCC(=O)Nc4ccccc4)n(C4CCCCC4)c(=O)c23)CO1. The topological polar surface area (TPSA) is 73.2 Å². The van der Waals surface area contributed by atoms with Gasteiger partial charge in [-0.15, -0.1) is 11.3 Å². The molecule has 0 saturated heterocycles. The molecule has 3 aromatic rings. The maximum atomic E-state index is 14.0. The average molecular weight is 498 g/mol. The molecule has 1 fully saturated rings. The minimum Gasteiger partial charge on any atom is -0.372 e. The zero-order chi connectivity index (χ0) is 23.7. The van der Waals surface area contributed by atoms with Crippen molar-refractivity contribution < 1.29 is 9.53 Å². The number of nitrogens with zero attached hydrogens (tertiary/aromatic N) is 2. The van der Waals surface area contributed by atoms with E-state index < -0.39 is 0 Å². The second kappa shape index (κ2) is 10.2. The van der Waals surface area contributed by atoms with Crippen LogP contribution in [0.15, 0.2) is 40.3 Å². The predicted octanol–water partition coefficient (Wildman–Crippen LogP) is 5.79. The lowest BCUT2D eigenvalue weighted by Crippen LogP contribution is -2.31. The van der Waals surface area contributed by atoms with Crippen LogP contribution >= 0.6 is 23.1 Å². The van der Waals surface area contributed by atoms with Gasteiger partial charge < -0.3 is 10.1 Å². The van der Waals surface area contributed by atoms with Gasteiger partial charge in [0.05, 0.1) is 23.8 Å². The molecule has 0 radical (unpaired) electrons. The Labute approximate surface area is 208 Å². The van der Waals surface area contributed by atoms with Gasteiger partial charge in [0.15, 0.2) is 5.16 Å². The molecule has 5 rings (SSSR count). The summed E-state index contributed by atoms with van der Waals surface area (Å²) in [4.78, 5) is 33.5. The second-order valence-electron chi connectivity index (χ2n) is 9.55. The van der Waals surface area contributed by atoms with Crippen LogP contribution in [-0.4, -0.2) is 27.3 Å². The van der Waals surface area contributed by atoms with Gasteiger partial charge >= 0.3 is 0 Å². The highest BCUT2D eigenvalue weighted by molar-refractivity contribution is 7.99. The predicted molar refractivity (Wildman–Crippen MR) is 139 cm³/mol. The van der Waals surface area contributed by atoms with Gasteiger partial charge in [-0.1, -0.05) is 63.1 Å². The van der Waals surface area contributed by atoms with Crippen molar-refractivity contribution in [2.45, 2.75) is 76.3 Å². The quantitative estimate of drug-likeness (QED) is 0.345. The number of ether oxygens (including phenoxy) is 1. The zero-order valence-electron chi connectivity index (χ0n) is 19.7. The first-order valence-corrected chi connectivity index (χ1v) is 14.0. The molecule has 0 bridgehead atoms. The fourth-order valence-corrected chi connectivity index (χ4v) is 6.99. The van der Waals surface area contributed by atoms with Crippen molar-refractivity contribution in [2.24, 2.45) is 5.92 Å². The Morgan fingerprint density at radius 2 is 2.00 bits per heavy atom. The lowest BCUT2D eigenvalue weighted by molar-refractivity contribution is -0.113. The first-order valence-electron chi connectivity index (χ1n) is 12.2. The van der Waals surface area contributed by atoms with Crippen LogP contribution in [0.3, 0.4) is 0 Å². The van der Waals surface area contributed by atoms with E-state index in [0.717, 1.165) is 58.4 Å². The fraction of sp³-hybridized carbons (Fsp3) is 0.500. The minimum atomic E-state index is -0.0978. The molecule has 2 aliphatic rings. The maximum absolute atomic E-state index is 14.0. The Hall–Kier alpha value is -2.16. The fourth-order valence-electron chi connectivity index (χ4n) is 4.96. The average Bonchev–Trinajstić information content (AvgIpc) is 3.22. The first kappa shape index (κ1) is 23.6. The third-order valence-electron chi connectivity index (χ3n) is 6.82. The number of rotatable bonds is 6. The highest BCUT2D eigenvalue weighted by atomic mass is 32.2. The number of carbonyl (C=O) groups excluding carboxylic acids is 1. The Balaban J connectivity index is 1.49. The number of para-hydroxylation sites is 1. The molecule has 34 heavy (non-hydrogen) atoms. The summed E-state index contributed by atoms with van der Waals surface area (Å²) in [6, 6.07) is 9.59. The third kappa shape index (κ3) is 4.81. The molecule has 1 saturated carbocycles. The smallest absolute Gasteiger partial charge is 0.263 e. The number of fused-ring (bicyclic) bond motifs is 3. The largest absolute Gasteiger partial charge is 0.372 e. The number of anilines is 1. The number of aromatic nitrogens is 2. The summed E-state index contributed by atoms with van der Waals surface area (Å²) in [6.07, 6.45) is 6.33. The van der Waals surface area contributed by atoms with E-state index in [2.05, 4.69) is 19.2 Å². The van der Waals surface area contributed by atoms with Crippen molar-refractivity contribution in [1.29, 1.82) is 0 Å². The lowest BCUT2D eigenvalue weighted by Gasteiger charge is -2.27. The van der Waals surface area contributed by atoms with E-state index >= 15 is 0 Å². The molecule has 1 N–H and O–H groups in total. The normalized spacial score (nSPS) is 18.9. The summed E-state index contributed by atoms with van der Waals surface area (Å²) in [7, 11) is 0. The summed E-state index contributed by atoms with van der Waals surface area (Å²) in [5.41, 5.74) is 1.96. The van der Waals surface area contributed by atoms with Crippen molar-refractivity contribution >= 4 is 44.9 Å². The molecule has 1 aliphatic carbocycles. The number of amides is 1. The van der Waals surface area contributed by atoms with Crippen molar-refractivity contribution in [3.8, 4) is 0 Å². The van der Waals surface area contributed by atoms with E-state index in [-0.39, 0.29) is 29.4 Å². The molecule has 1 aliphatic heterocycles. The molecule has 1 unspecified atom stereocenters. The third-order valence-corrected chi connectivity index (χ3v) is 8.87. The zero-order valence-corrected chi connectivity index (χ0v) is 21.3. The highest BCUT2D eigenvalue weighted by Gasteiger charge is 2.30. The number of hydrogen-bond donors (Lipinski definition) is 1. The number of thioether (sulfide) groups is 1. The van der Waals surface area contributed by atoms with Crippen LogP contribution in [0.1, 0.15) is 62.4 Å². The Morgan fingerprint density at radius 1 is 1.24 bits per heavy atom. The van der Waals surface area contributed by atoms with Crippen molar-refractivity contribution in [2.75, 3.05) is 11.1 Å². The minimum absolute atomic E-state index is 0.0600. The standard InChI is InChI=1S/C26H31N3O3S2/c1-16(2)20-13-19-21(14-32-20)34-24-23(19)25(31)29(18-11-7-4-8-12-18)26(28-24)33-15-22(30)27-17-9-5-3-6-10-17/h3,5-6,9-10,16,18,20H,4,7-8,11-15H2,1-2H3,(H,27,30). The molecular formula is C26H31N3O3S2. The second-order valence-corrected chi connectivity index (χ2v) is 11.6. The van der Waals surface area contributed by atoms with Gasteiger partial charge in [-0.3, -0.25) is 14.2 Å². The summed E-state index contributed by atoms with van der Waals surface area (Å²) in [5.74, 6) is 0.511. The lowest BCUT2D eigenvalue weighted by atomic mass is 9.94. The van der Waals surface area contributed by atoms with Gasteiger partial charge in [0, 0.05) is 23.0 Å². The van der Waals surface area contributed by atoms with E-state index in [9.17, 15) is 9.59 Å². The Bertz CT molecular complexity index is 1230. The Kier molecular flexibility index (Phi) is 7.09. The number of hydrogen-bond acceptors (Lipinski definition) is 6. The van der Waals surface area contributed by atoms with Gasteiger partial charge in [-0.25, -0.2) is 4.98 Å². The monoisotopic (exact) mass is 497 g/mol. The van der Waals surface area contributed by atoms with Crippen LogP contribution in [0.2, 0.25) is 0 Å². The summed E-state index contributed by atoms with van der Waals surface area (Å²) in [5, 5.41) is 4.36. The summed E-state index contributed by atoms with van der Waals surface area (Å²) >= 11 is 2.93. The van der Waals surface area contributed by atoms with E-state index in [1.54, 1.807) is 11.3 Å². The molecule has 6 nitrogen and oxygen atoms in total. The van der Waals surface area contributed by atoms with Gasteiger partial charge in [0.2, 0.25) is 5.91 Å². The van der Waals surface area contributed by atoms with Crippen LogP contribution in [0, 0.1) is 5.92 Å². The number of benzene rings is 1. The number of carbonyl (C=O) groups is 1. The van der Waals surface area contributed by atoms with Crippen LogP contribution in [0.4, 0.5) is 5.69 Å². The molecule has 8 heteroatoms. The molecule has 2 aromatic heterocycles.